The molecule has 2 aromatic heterocycles. The highest BCUT2D eigenvalue weighted by atomic mass is 14.9. The third-order valence-electron chi connectivity index (χ3n) is 1.83. The predicted molar refractivity (Wildman–Crippen MR) is 53.7 cm³/mol. The van der Waals surface area contributed by atoms with Gasteiger partial charge in [0.2, 0.25) is 0 Å². The van der Waals surface area contributed by atoms with Crippen molar-refractivity contribution in [3.8, 4) is 11.3 Å². The largest absolute Gasteiger partial charge is 0.360 e. The van der Waals surface area contributed by atoms with Crippen LogP contribution in [-0.4, -0.2) is 9.97 Å². The van der Waals surface area contributed by atoms with Gasteiger partial charge in [-0.3, -0.25) is 4.98 Å². The normalized spacial score (nSPS) is 9.36. The summed E-state index contributed by atoms with van der Waals surface area (Å²) < 4.78 is 0. The van der Waals surface area contributed by atoms with Gasteiger partial charge < -0.3 is 4.85 Å². The highest BCUT2D eigenvalue weighted by Crippen LogP contribution is 2.25. The zero-order valence-corrected chi connectivity index (χ0v) is 7.38. The summed E-state index contributed by atoms with van der Waals surface area (Å²) in [5.74, 6) is 0.395. The number of pyridine rings is 2. The fourth-order valence-corrected chi connectivity index (χ4v) is 1.21. The van der Waals surface area contributed by atoms with Crippen LogP contribution in [0.5, 0.6) is 0 Å². The lowest BCUT2D eigenvalue weighted by atomic mass is 10.2. The Morgan fingerprint density at radius 3 is 2.57 bits per heavy atom. The SMILES string of the molecule is [C-]#[N+]c1ncccc1-c1ccccn1. The summed E-state index contributed by atoms with van der Waals surface area (Å²) in [7, 11) is 0. The second-order valence-electron chi connectivity index (χ2n) is 2.70. The van der Waals surface area contributed by atoms with Crippen LogP contribution in [0, 0.1) is 6.57 Å². The third-order valence-corrected chi connectivity index (χ3v) is 1.83. The van der Waals surface area contributed by atoms with Gasteiger partial charge in [0.05, 0.1) is 5.69 Å². The molecule has 0 aromatic carbocycles. The van der Waals surface area contributed by atoms with E-state index in [-0.39, 0.29) is 0 Å². The van der Waals surface area contributed by atoms with Crippen LogP contribution in [0.2, 0.25) is 0 Å². The van der Waals surface area contributed by atoms with Gasteiger partial charge >= 0.3 is 0 Å². The summed E-state index contributed by atoms with van der Waals surface area (Å²) in [5.41, 5.74) is 1.56. The molecule has 66 valence electrons. The van der Waals surface area contributed by atoms with Crippen LogP contribution in [-0.2, 0) is 0 Å². The molecule has 3 nitrogen and oxygen atoms in total. The minimum Gasteiger partial charge on any atom is -0.360 e. The van der Waals surface area contributed by atoms with Crippen molar-refractivity contribution in [2.24, 2.45) is 0 Å². The van der Waals surface area contributed by atoms with E-state index in [2.05, 4.69) is 14.8 Å². The lowest BCUT2D eigenvalue weighted by Gasteiger charge is -2.00. The molecular formula is C11H7N3. The predicted octanol–water partition coefficient (Wildman–Crippen LogP) is 2.69. The molecule has 0 unspecified atom stereocenters. The minimum atomic E-state index is 0.395. The molecule has 0 saturated heterocycles. The smallest absolute Gasteiger partial charge is 0.278 e. The van der Waals surface area contributed by atoms with Gasteiger partial charge in [0.25, 0.3) is 5.82 Å². The van der Waals surface area contributed by atoms with Crippen LogP contribution in [0.1, 0.15) is 0 Å². The Kier molecular flexibility index (Phi) is 2.20. The number of aromatic nitrogens is 2. The summed E-state index contributed by atoms with van der Waals surface area (Å²) in [4.78, 5) is 11.5. The molecule has 2 aromatic rings. The summed E-state index contributed by atoms with van der Waals surface area (Å²) >= 11 is 0. The molecule has 0 N–H and O–H groups in total. The second kappa shape index (κ2) is 3.67. The Bertz CT molecular complexity index is 471. The number of rotatable bonds is 1. The Hall–Kier alpha value is -2.21. The van der Waals surface area contributed by atoms with Crippen molar-refractivity contribution < 1.29 is 0 Å². The van der Waals surface area contributed by atoms with E-state index >= 15 is 0 Å². The molecular weight excluding hydrogens is 174 g/mol. The third kappa shape index (κ3) is 1.46. The molecule has 0 bridgehead atoms. The molecule has 0 radical (unpaired) electrons. The van der Waals surface area contributed by atoms with Gasteiger partial charge in [-0.15, -0.1) is 4.98 Å². The van der Waals surface area contributed by atoms with E-state index in [1.807, 2.05) is 24.3 Å². The maximum absolute atomic E-state index is 6.97. The lowest BCUT2D eigenvalue weighted by molar-refractivity contribution is 1.29. The maximum atomic E-state index is 6.97. The van der Waals surface area contributed by atoms with Gasteiger partial charge in [0, 0.05) is 11.8 Å². The van der Waals surface area contributed by atoms with Crippen LogP contribution in [0.25, 0.3) is 16.1 Å². The maximum Gasteiger partial charge on any atom is 0.278 e. The first-order valence-electron chi connectivity index (χ1n) is 4.15. The van der Waals surface area contributed by atoms with E-state index in [0.717, 1.165) is 11.3 Å². The molecule has 0 fully saturated rings. The van der Waals surface area contributed by atoms with Crippen LogP contribution in [0.15, 0.2) is 42.7 Å². The molecule has 0 spiro atoms. The molecule has 0 saturated carbocycles. The molecule has 0 atom stereocenters. The molecule has 2 rings (SSSR count). The molecule has 0 aliphatic carbocycles. The van der Waals surface area contributed by atoms with E-state index in [9.17, 15) is 0 Å². The van der Waals surface area contributed by atoms with Crippen LogP contribution in [0.3, 0.4) is 0 Å². The van der Waals surface area contributed by atoms with E-state index in [1.165, 1.54) is 0 Å². The summed E-state index contributed by atoms with van der Waals surface area (Å²) in [6.45, 7) is 6.97. The van der Waals surface area contributed by atoms with Gasteiger partial charge in [-0.1, -0.05) is 18.7 Å². The minimum absolute atomic E-state index is 0.395. The first-order chi connectivity index (χ1) is 6.92. The van der Waals surface area contributed by atoms with Crippen molar-refractivity contribution in [2.45, 2.75) is 0 Å². The van der Waals surface area contributed by atoms with E-state index in [0.29, 0.717) is 5.82 Å². The zero-order valence-electron chi connectivity index (χ0n) is 7.38. The number of hydrogen-bond acceptors (Lipinski definition) is 2. The van der Waals surface area contributed by atoms with Crippen molar-refractivity contribution in [1.29, 1.82) is 0 Å². The Labute approximate surface area is 81.9 Å². The van der Waals surface area contributed by atoms with Gasteiger partial charge in [0.1, 0.15) is 6.20 Å². The van der Waals surface area contributed by atoms with Gasteiger partial charge in [-0.2, -0.15) is 0 Å². The topological polar surface area (TPSA) is 30.1 Å². The summed E-state index contributed by atoms with van der Waals surface area (Å²) in [6, 6.07) is 9.26. The molecule has 0 amide bonds. The van der Waals surface area contributed by atoms with Crippen molar-refractivity contribution in [2.75, 3.05) is 0 Å². The second-order valence-corrected chi connectivity index (χ2v) is 2.70. The van der Waals surface area contributed by atoms with Crippen molar-refractivity contribution in [3.63, 3.8) is 0 Å². The first kappa shape index (κ1) is 8.39. The first-order valence-corrected chi connectivity index (χ1v) is 4.15. The van der Waals surface area contributed by atoms with E-state index in [4.69, 9.17) is 6.57 Å². The molecule has 2 heterocycles. The van der Waals surface area contributed by atoms with Crippen LogP contribution in [0.4, 0.5) is 5.82 Å². The van der Waals surface area contributed by atoms with E-state index < -0.39 is 0 Å². The van der Waals surface area contributed by atoms with Crippen LogP contribution < -0.4 is 0 Å². The Morgan fingerprint density at radius 1 is 1.00 bits per heavy atom. The molecule has 3 heteroatoms. The molecule has 0 aliphatic heterocycles. The average Bonchev–Trinajstić information content (AvgIpc) is 2.30. The fraction of sp³-hybridized carbons (Fsp3) is 0. The number of nitrogens with zero attached hydrogens (tertiary/aromatic N) is 3. The fourth-order valence-electron chi connectivity index (χ4n) is 1.21. The van der Waals surface area contributed by atoms with Crippen molar-refractivity contribution in [3.05, 3.63) is 54.1 Å². The average molecular weight is 181 g/mol. The molecule has 0 aliphatic rings. The quantitative estimate of drug-likeness (QED) is 0.633. The zero-order chi connectivity index (χ0) is 9.80. The van der Waals surface area contributed by atoms with Gasteiger partial charge in [0.15, 0.2) is 0 Å². The highest BCUT2D eigenvalue weighted by Gasteiger charge is 2.05. The summed E-state index contributed by atoms with van der Waals surface area (Å²) in [6.07, 6.45) is 3.32. The van der Waals surface area contributed by atoms with Crippen molar-refractivity contribution >= 4 is 5.82 Å². The van der Waals surface area contributed by atoms with Crippen LogP contribution >= 0.6 is 0 Å². The van der Waals surface area contributed by atoms with E-state index in [1.54, 1.807) is 18.5 Å². The van der Waals surface area contributed by atoms with Gasteiger partial charge in [-0.25, -0.2) is 0 Å². The highest BCUT2D eigenvalue weighted by molar-refractivity contribution is 5.72. The lowest BCUT2D eigenvalue weighted by Crippen LogP contribution is -1.83. The molecule has 14 heavy (non-hydrogen) atoms. The monoisotopic (exact) mass is 181 g/mol. The Morgan fingerprint density at radius 2 is 1.86 bits per heavy atom. The Balaban J connectivity index is 2.58. The standard InChI is InChI=1S/C11H7N3/c1-12-11-9(5-4-8-14-11)10-6-2-3-7-13-10/h2-8H. The van der Waals surface area contributed by atoms with Crippen molar-refractivity contribution in [1.82, 2.24) is 9.97 Å². The number of hydrogen-bond donors (Lipinski definition) is 0. The van der Waals surface area contributed by atoms with Gasteiger partial charge in [-0.05, 0) is 18.2 Å². The summed E-state index contributed by atoms with van der Waals surface area (Å²) in [5, 5.41) is 0.